The number of benzene rings is 3. The third-order valence-electron chi connectivity index (χ3n) is 6.14. The van der Waals surface area contributed by atoms with Crippen molar-refractivity contribution in [2.75, 3.05) is 14.2 Å². The fourth-order valence-corrected chi connectivity index (χ4v) is 4.54. The maximum Gasteiger partial charge on any atom is 0.253 e. The van der Waals surface area contributed by atoms with Crippen LogP contribution in [0.4, 0.5) is 0 Å². The molecule has 0 bridgehead atoms. The lowest BCUT2D eigenvalue weighted by Crippen LogP contribution is -2.55. The third-order valence-corrected chi connectivity index (χ3v) is 6.14. The van der Waals surface area contributed by atoms with E-state index in [1.165, 1.54) is 0 Å². The van der Waals surface area contributed by atoms with Gasteiger partial charge >= 0.3 is 0 Å². The summed E-state index contributed by atoms with van der Waals surface area (Å²) < 4.78 is 11.4. The van der Waals surface area contributed by atoms with Gasteiger partial charge in [-0.15, -0.1) is 0 Å². The van der Waals surface area contributed by atoms with Gasteiger partial charge in [0, 0.05) is 29.7 Å². The van der Waals surface area contributed by atoms with Gasteiger partial charge in [0.1, 0.15) is 17.5 Å². The zero-order valence-corrected chi connectivity index (χ0v) is 18.3. The van der Waals surface area contributed by atoms with Crippen molar-refractivity contribution in [3.05, 3.63) is 101 Å². The Morgan fingerprint density at radius 3 is 2.22 bits per heavy atom. The van der Waals surface area contributed by atoms with E-state index in [0.717, 1.165) is 11.1 Å². The molecule has 3 atom stereocenters. The van der Waals surface area contributed by atoms with Gasteiger partial charge in [-0.1, -0.05) is 61.5 Å². The Hall–Kier alpha value is -3.64. The summed E-state index contributed by atoms with van der Waals surface area (Å²) in [6, 6.07) is 24.0. The Bertz CT molecular complexity index is 1130. The highest BCUT2D eigenvalue weighted by molar-refractivity contribution is 6.01. The number of fused-ring (bicyclic) bond motifs is 1. The van der Waals surface area contributed by atoms with E-state index in [9.17, 15) is 9.59 Å². The molecule has 32 heavy (non-hydrogen) atoms. The fraction of sp³-hybridized carbons (Fsp3) is 0.231. The molecule has 0 radical (unpaired) electrons. The van der Waals surface area contributed by atoms with Gasteiger partial charge in [0.25, 0.3) is 11.8 Å². The van der Waals surface area contributed by atoms with Gasteiger partial charge in [-0.05, 0) is 29.8 Å². The van der Waals surface area contributed by atoms with Gasteiger partial charge in [-0.25, -0.2) is 0 Å². The van der Waals surface area contributed by atoms with Crippen LogP contribution in [0.2, 0.25) is 0 Å². The summed E-state index contributed by atoms with van der Waals surface area (Å²) in [7, 11) is 3.15. The zero-order valence-electron chi connectivity index (χ0n) is 18.3. The van der Waals surface area contributed by atoms with Crippen LogP contribution in [0.1, 0.15) is 38.8 Å². The molecule has 0 spiro atoms. The van der Waals surface area contributed by atoms with Gasteiger partial charge in [0.2, 0.25) is 0 Å². The first-order valence-electron chi connectivity index (χ1n) is 10.5. The van der Waals surface area contributed by atoms with E-state index in [4.69, 9.17) is 9.47 Å². The Kier molecular flexibility index (Phi) is 5.97. The van der Waals surface area contributed by atoms with Gasteiger partial charge in [-0.2, -0.15) is 0 Å². The predicted molar refractivity (Wildman–Crippen MR) is 122 cm³/mol. The molecule has 0 saturated carbocycles. The van der Waals surface area contributed by atoms with Crippen molar-refractivity contribution < 1.29 is 19.1 Å². The maximum atomic E-state index is 13.0. The van der Waals surface area contributed by atoms with Crippen molar-refractivity contribution >= 4 is 11.8 Å². The van der Waals surface area contributed by atoms with E-state index in [1.807, 2.05) is 67.6 Å². The van der Waals surface area contributed by atoms with Gasteiger partial charge < -0.3 is 20.1 Å². The second-order valence-electron chi connectivity index (χ2n) is 7.79. The van der Waals surface area contributed by atoms with Crippen molar-refractivity contribution in [2.24, 2.45) is 5.92 Å². The molecule has 0 aliphatic carbocycles. The summed E-state index contributed by atoms with van der Waals surface area (Å²) in [5, 5.41) is 6.19. The van der Waals surface area contributed by atoms with E-state index in [2.05, 4.69) is 10.6 Å². The summed E-state index contributed by atoms with van der Waals surface area (Å²) in [6.07, 6.45) is -0.695. The van der Waals surface area contributed by atoms with Crippen molar-refractivity contribution in [3.8, 4) is 5.75 Å². The Balaban J connectivity index is 1.82. The molecule has 0 aromatic heterocycles. The number of nitrogens with one attached hydrogen (secondary N) is 2. The molecule has 1 unspecified atom stereocenters. The second kappa shape index (κ2) is 8.85. The number of hydrogen-bond acceptors (Lipinski definition) is 4. The lowest BCUT2D eigenvalue weighted by Gasteiger charge is -2.41. The van der Waals surface area contributed by atoms with Crippen molar-refractivity contribution in [3.63, 3.8) is 0 Å². The quantitative estimate of drug-likeness (QED) is 0.560. The maximum absolute atomic E-state index is 13.0. The van der Waals surface area contributed by atoms with Gasteiger partial charge in [0.15, 0.2) is 0 Å². The number of rotatable bonds is 7. The van der Waals surface area contributed by atoms with Crippen LogP contribution >= 0.6 is 0 Å². The largest absolute Gasteiger partial charge is 0.496 e. The molecule has 6 heteroatoms. The van der Waals surface area contributed by atoms with Crippen LogP contribution in [0.15, 0.2) is 78.9 Å². The minimum Gasteiger partial charge on any atom is -0.496 e. The lowest BCUT2D eigenvalue weighted by molar-refractivity contribution is 0.00428. The van der Waals surface area contributed by atoms with E-state index in [1.54, 1.807) is 32.4 Å². The molecule has 1 aliphatic heterocycles. The number of hydrogen-bond donors (Lipinski definition) is 2. The summed E-state index contributed by atoms with van der Waals surface area (Å²) >= 11 is 0. The standard InChI is InChI=1S/C26H26N2O4/c1-17(25(32-3)27-23(29)18-11-5-4-6-12-18)26(21-15-9-10-16-22(21)31-2)20-14-8-7-13-19(20)24(30)28-26/h4-17,25H,1-3H3,(H,27,29)(H,28,30)/t17-,25?,26+/m0/s1. The number of ether oxygens (including phenoxy) is 2. The van der Waals surface area contributed by atoms with Crippen LogP contribution in [-0.2, 0) is 10.3 Å². The highest BCUT2D eigenvalue weighted by Gasteiger charge is 2.52. The normalized spacial score (nSPS) is 18.9. The third kappa shape index (κ3) is 3.52. The minimum absolute atomic E-state index is 0.178. The zero-order chi connectivity index (χ0) is 22.7. The summed E-state index contributed by atoms with van der Waals surface area (Å²) in [6.45, 7) is 1.95. The second-order valence-corrected chi connectivity index (χ2v) is 7.79. The monoisotopic (exact) mass is 430 g/mol. The number of methoxy groups -OCH3 is 2. The number of para-hydroxylation sites is 1. The van der Waals surface area contributed by atoms with Crippen molar-refractivity contribution in [2.45, 2.75) is 18.7 Å². The molecular weight excluding hydrogens is 404 g/mol. The first-order chi connectivity index (χ1) is 15.5. The molecule has 0 saturated heterocycles. The van der Waals surface area contributed by atoms with Crippen LogP contribution in [-0.4, -0.2) is 32.3 Å². The smallest absolute Gasteiger partial charge is 0.253 e. The average Bonchev–Trinajstić information content (AvgIpc) is 3.15. The summed E-state index contributed by atoms with van der Waals surface area (Å²) in [5.74, 6) is -0.177. The minimum atomic E-state index is -0.967. The van der Waals surface area contributed by atoms with Crippen LogP contribution in [0.5, 0.6) is 5.75 Å². The molecule has 4 rings (SSSR count). The predicted octanol–water partition coefficient (Wildman–Crippen LogP) is 3.72. The van der Waals surface area contributed by atoms with Gasteiger partial charge in [0.05, 0.1) is 7.11 Å². The van der Waals surface area contributed by atoms with Crippen LogP contribution < -0.4 is 15.4 Å². The Morgan fingerprint density at radius 2 is 1.53 bits per heavy atom. The molecule has 1 aliphatic rings. The Morgan fingerprint density at radius 1 is 0.906 bits per heavy atom. The van der Waals surface area contributed by atoms with Crippen molar-refractivity contribution in [1.29, 1.82) is 0 Å². The van der Waals surface area contributed by atoms with E-state index >= 15 is 0 Å². The molecule has 2 amide bonds. The summed E-state index contributed by atoms with van der Waals surface area (Å²) in [4.78, 5) is 25.9. The lowest BCUT2D eigenvalue weighted by atomic mass is 9.73. The number of carbonyl (C=O) groups excluding carboxylic acids is 2. The molecule has 2 N–H and O–H groups in total. The first-order valence-corrected chi connectivity index (χ1v) is 10.5. The molecule has 1 heterocycles. The summed E-state index contributed by atoms with van der Waals surface area (Å²) in [5.41, 5.74) is 1.77. The molecule has 3 aromatic rings. The molecule has 0 fully saturated rings. The molecule has 3 aromatic carbocycles. The van der Waals surface area contributed by atoms with Crippen LogP contribution in [0.3, 0.4) is 0 Å². The highest BCUT2D eigenvalue weighted by atomic mass is 16.5. The SMILES string of the molecule is COc1ccccc1[C@]1([C@@H](C)C(NC(=O)c2ccccc2)OC)NC(=O)c2ccccc21. The van der Waals surface area contributed by atoms with Gasteiger partial charge in [-0.3, -0.25) is 9.59 Å². The molecular formula is C26H26N2O4. The number of amides is 2. The highest BCUT2D eigenvalue weighted by Crippen LogP contribution is 2.47. The van der Waals surface area contributed by atoms with E-state index < -0.39 is 11.8 Å². The van der Waals surface area contributed by atoms with Crippen LogP contribution in [0.25, 0.3) is 0 Å². The van der Waals surface area contributed by atoms with E-state index in [0.29, 0.717) is 16.9 Å². The first kappa shape index (κ1) is 21.6. The van der Waals surface area contributed by atoms with Crippen molar-refractivity contribution in [1.82, 2.24) is 10.6 Å². The Labute approximate surface area is 187 Å². The number of carbonyl (C=O) groups is 2. The molecule has 6 nitrogen and oxygen atoms in total. The van der Waals surface area contributed by atoms with Crippen LogP contribution in [0, 0.1) is 5.92 Å². The average molecular weight is 431 g/mol. The van der Waals surface area contributed by atoms with E-state index in [-0.39, 0.29) is 17.7 Å². The fourth-order valence-electron chi connectivity index (χ4n) is 4.54. The molecule has 164 valence electrons. The topological polar surface area (TPSA) is 76.7 Å².